The Morgan fingerprint density at radius 3 is 2.33 bits per heavy atom. The number of nitrogens with one attached hydrogen (secondary N) is 1. The summed E-state index contributed by atoms with van der Waals surface area (Å²) in [6.07, 6.45) is 0.969. The van der Waals surface area contributed by atoms with Gasteiger partial charge in [-0.1, -0.05) is 37.3 Å². The van der Waals surface area contributed by atoms with Crippen molar-refractivity contribution in [1.29, 1.82) is 0 Å². The standard InChI is InChI=1S/C17H27N3O/c1-4-14(2)18-17(21)20-12-10-19(11-13-20)15(3)16-8-6-5-7-9-16/h5-9,14-15H,4,10-13H2,1-3H3,(H,18,21). The summed E-state index contributed by atoms with van der Waals surface area (Å²) >= 11 is 0. The molecule has 1 aromatic rings. The van der Waals surface area contributed by atoms with Gasteiger partial charge in [0, 0.05) is 38.3 Å². The molecule has 4 heteroatoms. The third kappa shape index (κ3) is 4.21. The zero-order chi connectivity index (χ0) is 15.2. The van der Waals surface area contributed by atoms with Crippen molar-refractivity contribution >= 4 is 6.03 Å². The zero-order valence-electron chi connectivity index (χ0n) is 13.4. The number of benzene rings is 1. The molecular weight excluding hydrogens is 262 g/mol. The molecule has 1 N–H and O–H groups in total. The largest absolute Gasteiger partial charge is 0.336 e. The van der Waals surface area contributed by atoms with Crippen LogP contribution in [0.2, 0.25) is 0 Å². The average Bonchev–Trinajstić information content (AvgIpc) is 2.55. The molecule has 1 heterocycles. The second-order valence-corrected chi connectivity index (χ2v) is 5.87. The van der Waals surface area contributed by atoms with Crippen LogP contribution in [0.15, 0.2) is 30.3 Å². The van der Waals surface area contributed by atoms with Crippen molar-refractivity contribution in [2.75, 3.05) is 26.2 Å². The summed E-state index contributed by atoms with van der Waals surface area (Å²) in [4.78, 5) is 16.5. The minimum atomic E-state index is 0.0800. The Morgan fingerprint density at radius 2 is 1.76 bits per heavy atom. The number of carbonyl (C=O) groups is 1. The molecule has 0 aliphatic carbocycles. The van der Waals surface area contributed by atoms with Crippen molar-refractivity contribution in [3.05, 3.63) is 35.9 Å². The van der Waals surface area contributed by atoms with Gasteiger partial charge in [0.15, 0.2) is 0 Å². The summed E-state index contributed by atoms with van der Waals surface area (Å²) in [5, 5.41) is 3.04. The Bertz CT molecular complexity index is 441. The molecule has 21 heavy (non-hydrogen) atoms. The fourth-order valence-corrected chi connectivity index (χ4v) is 2.66. The third-order valence-corrected chi connectivity index (χ3v) is 4.41. The van der Waals surface area contributed by atoms with Crippen LogP contribution in [0.3, 0.4) is 0 Å². The van der Waals surface area contributed by atoms with Crippen LogP contribution in [0, 0.1) is 0 Å². The molecule has 2 rings (SSSR count). The Morgan fingerprint density at radius 1 is 1.14 bits per heavy atom. The van der Waals surface area contributed by atoms with Gasteiger partial charge in [0.2, 0.25) is 0 Å². The molecule has 2 unspecified atom stereocenters. The van der Waals surface area contributed by atoms with Crippen LogP contribution >= 0.6 is 0 Å². The van der Waals surface area contributed by atoms with E-state index in [9.17, 15) is 4.79 Å². The predicted octanol–water partition coefficient (Wildman–Crippen LogP) is 2.87. The lowest BCUT2D eigenvalue weighted by molar-refractivity contribution is 0.113. The quantitative estimate of drug-likeness (QED) is 0.925. The lowest BCUT2D eigenvalue weighted by atomic mass is 10.1. The van der Waals surface area contributed by atoms with Gasteiger partial charge in [0.05, 0.1) is 0 Å². The van der Waals surface area contributed by atoms with Crippen molar-refractivity contribution in [3.8, 4) is 0 Å². The molecule has 4 nitrogen and oxygen atoms in total. The van der Waals surface area contributed by atoms with Gasteiger partial charge in [0.25, 0.3) is 0 Å². The lowest BCUT2D eigenvalue weighted by Crippen LogP contribution is -2.53. The summed E-state index contributed by atoms with van der Waals surface area (Å²) in [7, 11) is 0. The van der Waals surface area contributed by atoms with Gasteiger partial charge in [-0.2, -0.15) is 0 Å². The summed E-state index contributed by atoms with van der Waals surface area (Å²) in [6.45, 7) is 9.85. The van der Waals surface area contributed by atoms with E-state index in [-0.39, 0.29) is 12.1 Å². The van der Waals surface area contributed by atoms with Crippen molar-refractivity contribution in [3.63, 3.8) is 0 Å². The van der Waals surface area contributed by atoms with E-state index in [1.54, 1.807) is 0 Å². The summed E-state index contributed by atoms with van der Waals surface area (Å²) in [5.41, 5.74) is 1.34. The number of carbonyl (C=O) groups excluding carboxylic acids is 1. The lowest BCUT2D eigenvalue weighted by Gasteiger charge is -2.38. The van der Waals surface area contributed by atoms with Crippen LogP contribution < -0.4 is 5.32 Å². The molecule has 1 aliphatic rings. The molecule has 0 bridgehead atoms. The monoisotopic (exact) mass is 289 g/mol. The van der Waals surface area contributed by atoms with Crippen LogP contribution in [0.25, 0.3) is 0 Å². The molecule has 1 aromatic carbocycles. The number of rotatable bonds is 4. The van der Waals surface area contributed by atoms with Gasteiger partial charge < -0.3 is 10.2 Å². The maximum absolute atomic E-state index is 12.1. The average molecular weight is 289 g/mol. The summed E-state index contributed by atoms with van der Waals surface area (Å²) in [6, 6.07) is 11.3. The number of amides is 2. The number of hydrogen-bond acceptors (Lipinski definition) is 2. The van der Waals surface area contributed by atoms with Crippen molar-refractivity contribution in [2.45, 2.75) is 39.3 Å². The number of nitrogens with zero attached hydrogens (tertiary/aromatic N) is 2. The molecule has 2 atom stereocenters. The van der Waals surface area contributed by atoms with E-state index < -0.39 is 0 Å². The van der Waals surface area contributed by atoms with Crippen molar-refractivity contribution in [1.82, 2.24) is 15.1 Å². The topological polar surface area (TPSA) is 35.6 Å². The third-order valence-electron chi connectivity index (χ3n) is 4.41. The summed E-state index contributed by atoms with van der Waals surface area (Å²) in [5.74, 6) is 0. The van der Waals surface area contributed by atoms with Crippen molar-refractivity contribution < 1.29 is 4.79 Å². The maximum atomic E-state index is 12.1. The predicted molar refractivity (Wildman–Crippen MR) is 86.3 cm³/mol. The van der Waals surface area contributed by atoms with E-state index in [0.717, 1.165) is 32.6 Å². The van der Waals surface area contributed by atoms with Crippen LogP contribution in [-0.2, 0) is 0 Å². The molecule has 2 amide bonds. The van der Waals surface area contributed by atoms with Crippen LogP contribution in [0.4, 0.5) is 4.79 Å². The highest BCUT2D eigenvalue weighted by molar-refractivity contribution is 5.74. The van der Waals surface area contributed by atoms with Crippen molar-refractivity contribution in [2.24, 2.45) is 0 Å². The highest BCUT2D eigenvalue weighted by Crippen LogP contribution is 2.21. The molecule has 0 aromatic heterocycles. The SMILES string of the molecule is CCC(C)NC(=O)N1CCN(C(C)c2ccccc2)CC1. The Balaban J connectivity index is 1.84. The molecule has 1 aliphatic heterocycles. The molecular formula is C17H27N3O. The highest BCUT2D eigenvalue weighted by Gasteiger charge is 2.24. The molecule has 1 fully saturated rings. The second kappa shape index (κ2) is 7.46. The molecule has 1 saturated heterocycles. The Hall–Kier alpha value is -1.55. The van der Waals surface area contributed by atoms with E-state index in [2.05, 4.69) is 48.3 Å². The minimum Gasteiger partial charge on any atom is -0.336 e. The minimum absolute atomic E-state index is 0.0800. The zero-order valence-corrected chi connectivity index (χ0v) is 13.4. The van der Waals surface area contributed by atoms with Gasteiger partial charge in [0.1, 0.15) is 0 Å². The van der Waals surface area contributed by atoms with Gasteiger partial charge in [-0.15, -0.1) is 0 Å². The first-order valence-electron chi connectivity index (χ1n) is 7.96. The fourth-order valence-electron chi connectivity index (χ4n) is 2.66. The van der Waals surface area contributed by atoms with Gasteiger partial charge >= 0.3 is 6.03 Å². The van der Waals surface area contributed by atoms with E-state index in [1.165, 1.54) is 5.56 Å². The number of hydrogen-bond donors (Lipinski definition) is 1. The normalized spacial score (nSPS) is 19.1. The highest BCUT2D eigenvalue weighted by atomic mass is 16.2. The first-order chi connectivity index (χ1) is 10.1. The van der Waals surface area contributed by atoms with E-state index in [0.29, 0.717) is 6.04 Å². The first-order valence-corrected chi connectivity index (χ1v) is 7.96. The van der Waals surface area contributed by atoms with Gasteiger partial charge in [-0.05, 0) is 25.8 Å². The molecule has 116 valence electrons. The van der Waals surface area contributed by atoms with Crippen LogP contribution in [-0.4, -0.2) is 48.1 Å². The molecule has 0 spiro atoms. The van der Waals surface area contributed by atoms with Gasteiger partial charge in [-0.25, -0.2) is 4.79 Å². The Kier molecular flexibility index (Phi) is 5.62. The first kappa shape index (κ1) is 15.8. The number of urea groups is 1. The number of piperazine rings is 1. The van der Waals surface area contributed by atoms with Crippen LogP contribution in [0.1, 0.15) is 38.8 Å². The van der Waals surface area contributed by atoms with E-state index in [4.69, 9.17) is 0 Å². The van der Waals surface area contributed by atoms with Crippen LogP contribution in [0.5, 0.6) is 0 Å². The Labute approximate surface area is 128 Å². The summed E-state index contributed by atoms with van der Waals surface area (Å²) < 4.78 is 0. The van der Waals surface area contributed by atoms with E-state index >= 15 is 0 Å². The van der Waals surface area contributed by atoms with Gasteiger partial charge in [-0.3, -0.25) is 4.90 Å². The second-order valence-electron chi connectivity index (χ2n) is 5.87. The van der Waals surface area contributed by atoms with E-state index in [1.807, 2.05) is 17.9 Å². The smallest absolute Gasteiger partial charge is 0.317 e. The maximum Gasteiger partial charge on any atom is 0.317 e. The fraction of sp³-hybridized carbons (Fsp3) is 0.588. The molecule has 0 radical (unpaired) electrons. The molecule has 0 saturated carbocycles.